The van der Waals surface area contributed by atoms with Gasteiger partial charge in [-0.15, -0.1) is 23.7 Å². The molecule has 0 fully saturated rings. The average Bonchev–Trinajstić information content (AvgIpc) is 3.12. The molecule has 0 atom stereocenters. The van der Waals surface area contributed by atoms with Crippen LogP contribution >= 0.6 is 23.7 Å². The number of nitrogens with one attached hydrogen (secondary N) is 2. The fourth-order valence-electron chi connectivity index (χ4n) is 2.42. The van der Waals surface area contributed by atoms with Crippen LogP contribution in [0.2, 0.25) is 0 Å². The molecule has 0 saturated heterocycles. The van der Waals surface area contributed by atoms with Gasteiger partial charge in [0.05, 0.1) is 11.1 Å². The Labute approximate surface area is 158 Å². The number of aromatic nitrogens is 3. The second-order valence-corrected chi connectivity index (χ2v) is 6.24. The first-order valence-electron chi connectivity index (χ1n) is 7.50. The fourth-order valence-corrected chi connectivity index (χ4v) is 3.15. The monoisotopic (exact) mass is 384 g/mol. The molecule has 4 aromatic rings. The number of hydrogen-bond acceptors (Lipinski definition) is 5. The predicted octanol–water partition coefficient (Wildman–Crippen LogP) is 3.72. The molecule has 26 heavy (non-hydrogen) atoms. The highest BCUT2D eigenvalue weighted by Gasteiger charge is 2.08. The number of carbonyl (C=O) groups is 1. The molecule has 0 radical (unpaired) electrons. The van der Waals surface area contributed by atoms with Gasteiger partial charge in [-0.2, -0.15) is 0 Å². The number of hydrogen-bond donors (Lipinski definition) is 2. The van der Waals surface area contributed by atoms with Crippen molar-refractivity contribution in [2.24, 2.45) is 0 Å². The Morgan fingerprint density at radius 1 is 1.12 bits per heavy atom. The molecule has 0 unspecified atom stereocenters. The van der Waals surface area contributed by atoms with Crippen LogP contribution in [-0.4, -0.2) is 20.9 Å². The number of H-pyrrole nitrogens is 1. The van der Waals surface area contributed by atoms with E-state index < -0.39 is 0 Å². The molecule has 3 aromatic heterocycles. The van der Waals surface area contributed by atoms with Crippen molar-refractivity contribution in [3.05, 3.63) is 76.2 Å². The predicted molar refractivity (Wildman–Crippen MR) is 105 cm³/mol. The van der Waals surface area contributed by atoms with Crippen LogP contribution in [0.15, 0.2) is 65.0 Å². The van der Waals surface area contributed by atoms with Gasteiger partial charge in [0.1, 0.15) is 10.5 Å². The quantitative estimate of drug-likeness (QED) is 0.563. The fraction of sp³-hybridized carbons (Fsp3) is 0. The molecule has 0 spiro atoms. The summed E-state index contributed by atoms with van der Waals surface area (Å²) in [5.74, 6) is 0.271. The molecule has 2 N–H and O–H groups in total. The highest BCUT2D eigenvalue weighted by atomic mass is 35.5. The first kappa shape index (κ1) is 17.8. The van der Waals surface area contributed by atoms with E-state index in [2.05, 4.69) is 20.3 Å². The minimum Gasteiger partial charge on any atom is -0.322 e. The van der Waals surface area contributed by atoms with Gasteiger partial charge in [0.25, 0.3) is 11.5 Å². The molecule has 1 amide bonds. The number of anilines is 1. The lowest BCUT2D eigenvalue weighted by atomic mass is 10.2. The SMILES string of the molecule is Cl.O=C(Nc1ccc(-c2nc3ccsc3c(=O)[nH]2)cc1)c1cccnc1. The normalized spacial score (nSPS) is 10.3. The van der Waals surface area contributed by atoms with E-state index in [9.17, 15) is 9.59 Å². The van der Waals surface area contributed by atoms with Gasteiger partial charge < -0.3 is 10.3 Å². The summed E-state index contributed by atoms with van der Waals surface area (Å²) in [6, 6.07) is 12.4. The van der Waals surface area contributed by atoms with Gasteiger partial charge in [0.15, 0.2) is 0 Å². The van der Waals surface area contributed by atoms with Crippen molar-refractivity contribution in [2.75, 3.05) is 5.32 Å². The van der Waals surface area contributed by atoms with Crippen molar-refractivity contribution >= 4 is 45.6 Å². The number of nitrogens with zero attached hydrogens (tertiary/aromatic N) is 2. The third kappa shape index (κ3) is 3.49. The first-order chi connectivity index (χ1) is 12.2. The van der Waals surface area contributed by atoms with E-state index in [0.29, 0.717) is 27.3 Å². The second-order valence-electron chi connectivity index (χ2n) is 5.32. The number of rotatable bonds is 3. The summed E-state index contributed by atoms with van der Waals surface area (Å²) >= 11 is 1.37. The number of carbonyl (C=O) groups excluding carboxylic acids is 1. The van der Waals surface area contributed by atoms with Crippen LogP contribution in [0.25, 0.3) is 21.6 Å². The van der Waals surface area contributed by atoms with E-state index in [1.165, 1.54) is 17.5 Å². The first-order valence-corrected chi connectivity index (χ1v) is 8.38. The van der Waals surface area contributed by atoms with Crippen molar-refractivity contribution in [1.29, 1.82) is 0 Å². The molecule has 130 valence electrons. The summed E-state index contributed by atoms with van der Waals surface area (Å²) in [6.07, 6.45) is 3.12. The molecular weight excluding hydrogens is 372 g/mol. The third-order valence-electron chi connectivity index (χ3n) is 3.65. The highest BCUT2D eigenvalue weighted by Crippen LogP contribution is 2.21. The lowest BCUT2D eigenvalue weighted by molar-refractivity contribution is 0.102. The van der Waals surface area contributed by atoms with Gasteiger partial charge in [-0.3, -0.25) is 14.6 Å². The smallest absolute Gasteiger partial charge is 0.269 e. The zero-order valence-corrected chi connectivity index (χ0v) is 14.9. The molecule has 3 heterocycles. The number of amides is 1. The number of aromatic amines is 1. The average molecular weight is 385 g/mol. The van der Waals surface area contributed by atoms with Crippen LogP contribution in [0.5, 0.6) is 0 Å². The van der Waals surface area contributed by atoms with Crippen molar-refractivity contribution in [2.45, 2.75) is 0 Å². The van der Waals surface area contributed by atoms with Crippen molar-refractivity contribution < 1.29 is 4.79 Å². The van der Waals surface area contributed by atoms with Crippen molar-refractivity contribution in [3.8, 4) is 11.4 Å². The second kappa shape index (κ2) is 7.47. The molecule has 0 saturated carbocycles. The minimum absolute atomic E-state index is 0. The van der Waals surface area contributed by atoms with Crippen LogP contribution in [-0.2, 0) is 0 Å². The molecular formula is C18H13ClN4O2S. The van der Waals surface area contributed by atoms with Gasteiger partial charge in [0.2, 0.25) is 0 Å². The molecule has 0 aliphatic heterocycles. The lowest BCUT2D eigenvalue weighted by Gasteiger charge is -2.06. The van der Waals surface area contributed by atoms with Gasteiger partial charge in [-0.1, -0.05) is 0 Å². The van der Waals surface area contributed by atoms with Crippen molar-refractivity contribution in [1.82, 2.24) is 15.0 Å². The number of benzene rings is 1. The topological polar surface area (TPSA) is 87.7 Å². The molecule has 4 rings (SSSR count). The number of thiophene rings is 1. The van der Waals surface area contributed by atoms with E-state index in [1.807, 2.05) is 11.4 Å². The summed E-state index contributed by atoms with van der Waals surface area (Å²) in [4.78, 5) is 35.4. The Bertz CT molecular complexity index is 1110. The molecule has 8 heteroatoms. The van der Waals surface area contributed by atoms with E-state index in [0.717, 1.165) is 5.56 Å². The van der Waals surface area contributed by atoms with Crippen LogP contribution in [0, 0.1) is 0 Å². The molecule has 0 bridgehead atoms. The van der Waals surface area contributed by atoms with E-state index in [4.69, 9.17) is 0 Å². The summed E-state index contributed by atoms with van der Waals surface area (Å²) in [5, 5.41) is 4.65. The molecule has 0 aliphatic carbocycles. The van der Waals surface area contributed by atoms with Crippen molar-refractivity contribution in [3.63, 3.8) is 0 Å². The Hall–Kier alpha value is -3.03. The summed E-state index contributed by atoms with van der Waals surface area (Å²) in [5.41, 5.74) is 2.43. The Morgan fingerprint density at radius 3 is 2.65 bits per heavy atom. The maximum Gasteiger partial charge on any atom is 0.269 e. The van der Waals surface area contributed by atoms with Crippen LogP contribution in [0.4, 0.5) is 5.69 Å². The van der Waals surface area contributed by atoms with E-state index in [-0.39, 0.29) is 23.9 Å². The van der Waals surface area contributed by atoms with Gasteiger partial charge in [-0.25, -0.2) is 4.98 Å². The number of halogens is 1. The zero-order valence-electron chi connectivity index (χ0n) is 13.3. The zero-order chi connectivity index (χ0) is 17.2. The standard InChI is InChI=1S/C18H12N4O2S.ClH/c23-17(12-2-1-8-19-10-12)20-13-5-3-11(4-6-13)16-21-14-7-9-25-15(14)18(24)22-16;/h1-10H,(H,20,23)(H,21,22,24);1H. The third-order valence-corrected chi connectivity index (χ3v) is 4.56. The minimum atomic E-state index is -0.230. The highest BCUT2D eigenvalue weighted by molar-refractivity contribution is 7.17. The van der Waals surface area contributed by atoms with Crippen LogP contribution < -0.4 is 10.9 Å². The maximum atomic E-state index is 12.1. The maximum absolute atomic E-state index is 12.1. The molecule has 1 aromatic carbocycles. The van der Waals surface area contributed by atoms with Crippen LogP contribution in [0.1, 0.15) is 10.4 Å². The summed E-state index contributed by atoms with van der Waals surface area (Å²) < 4.78 is 0.615. The molecule has 0 aliphatic rings. The Balaban J connectivity index is 0.00000196. The number of fused-ring (bicyclic) bond motifs is 1. The van der Waals surface area contributed by atoms with Crippen LogP contribution in [0.3, 0.4) is 0 Å². The number of pyridine rings is 1. The van der Waals surface area contributed by atoms with Gasteiger partial charge in [-0.05, 0) is 47.8 Å². The summed E-state index contributed by atoms with van der Waals surface area (Å²) in [6.45, 7) is 0. The van der Waals surface area contributed by atoms with Gasteiger partial charge in [0, 0.05) is 23.6 Å². The van der Waals surface area contributed by atoms with E-state index in [1.54, 1.807) is 42.6 Å². The Morgan fingerprint density at radius 2 is 1.92 bits per heavy atom. The molecule has 6 nitrogen and oxygen atoms in total. The summed E-state index contributed by atoms with van der Waals surface area (Å²) in [7, 11) is 0. The van der Waals surface area contributed by atoms with E-state index >= 15 is 0 Å². The lowest BCUT2D eigenvalue weighted by Crippen LogP contribution is -2.12. The van der Waals surface area contributed by atoms with Gasteiger partial charge >= 0.3 is 0 Å². The Kier molecular flexibility index (Phi) is 5.11. The largest absolute Gasteiger partial charge is 0.322 e.